The third kappa shape index (κ3) is 2.80. The fourth-order valence-electron chi connectivity index (χ4n) is 2.73. The van der Waals surface area contributed by atoms with E-state index < -0.39 is 5.79 Å². The molecule has 0 atom stereocenters. The zero-order chi connectivity index (χ0) is 14.0. The molecule has 20 heavy (non-hydrogen) atoms. The maximum Gasteiger partial charge on any atom is 0.249 e. The largest absolute Gasteiger partial charge is 0.347 e. The highest BCUT2D eigenvalue weighted by Crippen LogP contribution is 2.31. The molecule has 2 aliphatic rings. The summed E-state index contributed by atoms with van der Waals surface area (Å²) in [6, 6.07) is 4.01. The quantitative estimate of drug-likeness (QED) is 0.787. The topological polar surface area (TPSA) is 38.8 Å². The molecular weight excluding hydrogens is 274 g/mol. The zero-order valence-corrected chi connectivity index (χ0v) is 12.4. The summed E-state index contributed by atoms with van der Waals surface area (Å²) in [4.78, 5) is 15.4. The van der Waals surface area contributed by atoms with Crippen LogP contribution in [0.15, 0.2) is 23.1 Å². The second-order valence-corrected chi connectivity index (χ2v) is 6.22. The first-order valence-corrected chi connectivity index (χ1v) is 7.86. The predicted octanol–water partition coefficient (Wildman–Crippen LogP) is 2.52. The van der Waals surface area contributed by atoms with E-state index in [1.807, 2.05) is 35.4 Å². The van der Waals surface area contributed by atoms with E-state index in [0.29, 0.717) is 26.3 Å². The number of ether oxygens (including phenoxy) is 2. The Labute approximate surface area is 123 Å². The van der Waals surface area contributed by atoms with Gasteiger partial charge in [0.25, 0.3) is 0 Å². The van der Waals surface area contributed by atoms with Crippen LogP contribution >= 0.6 is 11.3 Å². The molecule has 0 radical (unpaired) electrons. The number of hydrogen-bond donors (Lipinski definition) is 0. The minimum Gasteiger partial charge on any atom is -0.347 e. The van der Waals surface area contributed by atoms with E-state index in [1.54, 1.807) is 11.3 Å². The first kappa shape index (κ1) is 13.8. The molecular formula is C15H19NO3S. The van der Waals surface area contributed by atoms with E-state index in [9.17, 15) is 4.79 Å². The van der Waals surface area contributed by atoms with Crippen molar-refractivity contribution in [2.24, 2.45) is 0 Å². The summed E-state index contributed by atoms with van der Waals surface area (Å²) in [6.45, 7) is 4.63. The number of thiophene rings is 1. The number of rotatable bonds is 2. The Kier molecular flexibility index (Phi) is 3.92. The number of carbonyl (C=O) groups excluding carboxylic acids is 1. The normalized spacial score (nSPS) is 22.4. The second kappa shape index (κ2) is 5.68. The lowest BCUT2D eigenvalue weighted by Crippen LogP contribution is -2.47. The van der Waals surface area contributed by atoms with Crippen molar-refractivity contribution in [3.05, 3.63) is 28.0 Å². The highest BCUT2D eigenvalue weighted by atomic mass is 32.1. The number of carbonyl (C=O) groups is 1. The van der Waals surface area contributed by atoms with Crippen molar-refractivity contribution in [3.63, 3.8) is 0 Å². The summed E-state index contributed by atoms with van der Waals surface area (Å²) in [5, 5.41) is 2.02. The third-order valence-electron chi connectivity index (χ3n) is 3.87. The van der Waals surface area contributed by atoms with Gasteiger partial charge in [0.1, 0.15) is 0 Å². The van der Waals surface area contributed by atoms with Gasteiger partial charge in [-0.25, -0.2) is 0 Å². The highest BCUT2D eigenvalue weighted by Gasteiger charge is 2.40. The lowest BCUT2D eigenvalue weighted by Gasteiger charge is -2.37. The maximum absolute atomic E-state index is 12.4. The van der Waals surface area contributed by atoms with Gasteiger partial charge in [-0.2, -0.15) is 0 Å². The Morgan fingerprint density at radius 2 is 2.05 bits per heavy atom. The van der Waals surface area contributed by atoms with Crippen molar-refractivity contribution < 1.29 is 14.3 Å². The minimum atomic E-state index is -0.415. The molecule has 0 bridgehead atoms. The molecule has 5 heteroatoms. The van der Waals surface area contributed by atoms with Gasteiger partial charge >= 0.3 is 0 Å². The summed E-state index contributed by atoms with van der Waals surface area (Å²) in [7, 11) is 0. The van der Waals surface area contributed by atoms with Gasteiger partial charge in [0.05, 0.1) is 13.2 Å². The van der Waals surface area contributed by atoms with Crippen LogP contribution in [-0.2, 0) is 14.3 Å². The van der Waals surface area contributed by atoms with E-state index in [1.165, 1.54) is 0 Å². The summed E-state index contributed by atoms with van der Waals surface area (Å²) in [5.41, 5.74) is 0.789. The molecule has 1 amide bonds. The molecule has 0 aromatic carbocycles. The molecule has 1 aromatic rings. The lowest BCUT2D eigenvalue weighted by atomic mass is 10.0. The van der Waals surface area contributed by atoms with Gasteiger partial charge in [-0.05, 0) is 24.4 Å². The van der Waals surface area contributed by atoms with Crippen LogP contribution in [-0.4, -0.2) is 42.9 Å². The average Bonchev–Trinajstić information content (AvgIpc) is 3.11. The van der Waals surface area contributed by atoms with Crippen LogP contribution in [0.1, 0.15) is 24.6 Å². The molecule has 2 aliphatic heterocycles. The first-order chi connectivity index (χ1) is 9.69. The van der Waals surface area contributed by atoms with Crippen LogP contribution in [0.2, 0.25) is 0 Å². The summed E-state index contributed by atoms with van der Waals surface area (Å²) in [5.74, 6) is -0.298. The summed E-state index contributed by atoms with van der Waals surface area (Å²) < 4.78 is 11.4. The number of hydrogen-bond acceptors (Lipinski definition) is 4. The van der Waals surface area contributed by atoms with Gasteiger partial charge < -0.3 is 14.4 Å². The molecule has 2 fully saturated rings. The third-order valence-corrected chi connectivity index (χ3v) is 4.68. The molecule has 3 rings (SSSR count). The van der Waals surface area contributed by atoms with Crippen LogP contribution in [0.4, 0.5) is 0 Å². The number of piperidine rings is 1. The second-order valence-electron chi connectivity index (χ2n) is 5.24. The lowest BCUT2D eigenvalue weighted by molar-refractivity contribution is -0.186. The SMILES string of the molecule is C/C(=C\c1cccs1)C(=O)N1CCC2(CC1)OCCO2. The van der Waals surface area contributed by atoms with Gasteiger partial charge in [-0.3, -0.25) is 4.79 Å². The standard InChI is InChI=1S/C15H19NO3S/c1-12(11-13-3-2-10-20-13)14(17)16-6-4-15(5-7-16)18-8-9-19-15/h2-3,10-11H,4-9H2,1H3/b12-11+. The van der Waals surface area contributed by atoms with Crippen molar-refractivity contribution in [3.8, 4) is 0 Å². The summed E-state index contributed by atoms with van der Waals surface area (Å²) >= 11 is 1.64. The van der Waals surface area contributed by atoms with E-state index >= 15 is 0 Å². The van der Waals surface area contributed by atoms with Crippen molar-refractivity contribution in [2.75, 3.05) is 26.3 Å². The Bertz CT molecular complexity index is 493. The van der Waals surface area contributed by atoms with Crippen molar-refractivity contribution in [1.82, 2.24) is 4.90 Å². The van der Waals surface area contributed by atoms with E-state index in [0.717, 1.165) is 23.3 Å². The van der Waals surface area contributed by atoms with E-state index in [-0.39, 0.29) is 5.91 Å². The highest BCUT2D eigenvalue weighted by molar-refractivity contribution is 7.10. The van der Waals surface area contributed by atoms with Crippen molar-refractivity contribution in [1.29, 1.82) is 0 Å². The van der Waals surface area contributed by atoms with Crippen LogP contribution < -0.4 is 0 Å². The molecule has 4 nitrogen and oxygen atoms in total. The fourth-order valence-corrected chi connectivity index (χ4v) is 3.45. The molecule has 108 valence electrons. The fraction of sp³-hybridized carbons (Fsp3) is 0.533. The zero-order valence-electron chi connectivity index (χ0n) is 11.6. The summed E-state index contributed by atoms with van der Waals surface area (Å²) in [6.07, 6.45) is 3.50. The van der Waals surface area contributed by atoms with Gasteiger partial charge in [-0.1, -0.05) is 6.07 Å². The Balaban J connectivity index is 1.61. The Morgan fingerprint density at radius 1 is 1.35 bits per heavy atom. The molecule has 0 unspecified atom stereocenters. The predicted molar refractivity (Wildman–Crippen MR) is 78.4 cm³/mol. The number of likely N-dealkylation sites (tertiary alicyclic amines) is 1. The van der Waals surface area contributed by atoms with Gasteiger partial charge in [0.15, 0.2) is 5.79 Å². The monoisotopic (exact) mass is 293 g/mol. The molecule has 0 saturated carbocycles. The van der Waals surface area contributed by atoms with Crippen LogP contribution in [0, 0.1) is 0 Å². The number of amides is 1. The Morgan fingerprint density at radius 3 is 2.65 bits per heavy atom. The van der Waals surface area contributed by atoms with Crippen molar-refractivity contribution >= 4 is 23.3 Å². The van der Waals surface area contributed by atoms with Crippen LogP contribution in [0.25, 0.3) is 6.08 Å². The number of nitrogens with zero attached hydrogens (tertiary/aromatic N) is 1. The molecule has 1 aromatic heterocycles. The van der Waals surface area contributed by atoms with Crippen LogP contribution in [0.3, 0.4) is 0 Å². The van der Waals surface area contributed by atoms with Gasteiger partial charge in [-0.15, -0.1) is 11.3 Å². The molecule has 2 saturated heterocycles. The smallest absolute Gasteiger partial charge is 0.249 e. The van der Waals surface area contributed by atoms with E-state index in [2.05, 4.69) is 0 Å². The Hall–Kier alpha value is -1.17. The molecule has 0 aliphatic carbocycles. The first-order valence-electron chi connectivity index (χ1n) is 6.98. The van der Waals surface area contributed by atoms with Crippen LogP contribution in [0.5, 0.6) is 0 Å². The maximum atomic E-state index is 12.4. The van der Waals surface area contributed by atoms with E-state index in [4.69, 9.17) is 9.47 Å². The molecule has 0 N–H and O–H groups in total. The average molecular weight is 293 g/mol. The van der Waals surface area contributed by atoms with Gasteiger partial charge in [0, 0.05) is 36.4 Å². The van der Waals surface area contributed by atoms with Crippen molar-refractivity contribution in [2.45, 2.75) is 25.6 Å². The minimum absolute atomic E-state index is 0.117. The van der Waals surface area contributed by atoms with Gasteiger partial charge in [0.2, 0.25) is 5.91 Å². The molecule has 3 heterocycles. The molecule has 1 spiro atoms.